The number of benzene rings is 1. The first kappa shape index (κ1) is 14.2. The van der Waals surface area contributed by atoms with Crippen LogP contribution in [-0.4, -0.2) is 56.4 Å². The molecule has 0 saturated carbocycles. The van der Waals surface area contributed by atoms with Crippen LogP contribution < -0.4 is 9.64 Å². The molecule has 1 aromatic rings. The number of rotatable bonds is 3. The number of aliphatic hydroxyl groups is 1. The maximum absolute atomic E-state index is 9.56. The highest BCUT2D eigenvalue weighted by Crippen LogP contribution is 2.29. The third kappa shape index (κ3) is 3.19. The summed E-state index contributed by atoms with van der Waals surface area (Å²) >= 11 is 0. The van der Waals surface area contributed by atoms with Crippen LogP contribution in [0.3, 0.4) is 0 Å². The lowest BCUT2D eigenvalue weighted by molar-refractivity contribution is 0.151. The molecule has 0 radical (unpaired) electrons. The maximum Gasteiger partial charge on any atom is 0.142 e. The molecule has 1 aliphatic heterocycles. The predicted molar refractivity (Wildman–Crippen MR) is 77.9 cm³/mol. The van der Waals surface area contributed by atoms with E-state index in [0.29, 0.717) is 5.92 Å². The predicted octanol–water partition coefficient (Wildman–Crippen LogP) is 1.44. The van der Waals surface area contributed by atoms with Crippen LogP contribution in [0, 0.1) is 5.92 Å². The lowest BCUT2D eigenvalue weighted by atomic mass is 10.1. The average Bonchev–Trinajstić information content (AvgIpc) is 2.56. The Morgan fingerprint density at radius 2 is 2.00 bits per heavy atom. The molecule has 0 bridgehead atoms. The van der Waals surface area contributed by atoms with Crippen LogP contribution in [-0.2, 0) is 0 Å². The Morgan fingerprint density at radius 3 is 2.68 bits per heavy atom. The molecule has 0 aliphatic carbocycles. The molecule has 1 aliphatic rings. The number of hydrogen-bond acceptors (Lipinski definition) is 4. The van der Waals surface area contributed by atoms with E-state index in [2.05, 4.69) is 29.8 Å². The molecule has 0 spiro atoms. The Hall–Kier alpha value is -1.26. The van der Waals surface area contributed by atoms with Crippen molar-refractivity contribution < 1.29 is 9.84 Å². The molecule has 1 saturated heterocycles. The number of anilines is 1. The highest BCUT2D eigenvalue weighted by molar-refractivity contribution is 5.58. The van der Waals surface area contributed by atoms with Gasteiger partial charge >= 0.3 is 0 Å². The Bertz CT molecular complexity index is 411. The summed E-state index contributed by atoms with van der Waals surface area (Å²) in [6.45, 7) is 5.27. The van der Waals surface area contributed by atoms with E-state index in [0.717, 1.165) is 31.1 Å². The molecule has 1 heterocycles. The fourth-order valence-electron chi connectivity index (χ4n) is 2.83. The third-order valence-electron chi connectivity index (χ3n) is 3.82. The van der Waals surface area contributed by atoms with Crippen molar-refractivity contribution in [2.24, 2.45) is 5.92 Å². The van der Waals surface area contributed by atoms with Crippen molar-refractivity contribution in [2.45, 2.75) is 13.0 Å². The zero-order valence-corrected chi connectivity index (χ0v) is 12.0. The fraction of sp³-hybridized carbons (Fsp3) is 0.600. The summed E-state index contributed by atoms with van der Waals surface area (Å²) in [4.78, 5) is 4.58. The largest absolute Gasteiger partial charge is 0.495 e. The van der Waals surface area contributed by atoms with Crippen LogP contribution in [0.2, 0.25) is 0 Å². The van der Waals surface area contributed by atoms with E-state index < -0.39 is 0 Å². The Kier molecular flexibility index (Phi) is 4.66. The van der Waals surface area contributed by atoms with Crippen molar-refractivity contribution >= 4 is 5.69 Å². The van der Waals surface area contributed by atoms with Gasteiger partial charge in [0.2, 0.25) is 0 Å². The first-order valence-electron chi connectivity index (χ1n) is 6.84. The summed E-state index contributed by atoms with van der Waals surface area (Å²) in [5, 5.41) is 9.56. The molecule has 2 rings (SSSR count). The molecule has 4 nitrogen and oxygen atoms in total. The van der Waals surface area contributed by atoms with E-state index >= 15 is 0 Å². The number of methoxy groups -OCH3 is 1. The van der Waals surface area contributed by atoms with Crippen LogP contribution in [0.25, 0.3) is 0 Å². The lowest BCUT2D eigenvalue weighted by Crippen LogP contribution is -2.41. The van der Waals surface area contributed by atoms with Crippen molar-refractivity contribution in [1.29, 1.82) is 0 Å². The second-order valence-electron chi connectivity index (χ2n) is 5.46. The van der Waals surface area contributed by atoms with Gasteiger partial charge in [-0.3, -0.25) is 4.90 Å². The molecule has 1 fully saturated rings. The summed E-state index contributed by atoms with van der Waals surface area (Å²) in [5.41, 5.74) is 1.12. The van der Waals surface area contributed by atoms with Crippen LogP contribution in [0.4, 0.5) is 5.69 Å². The van der Waals surface area contributed by atoms with E-state index in [1.165, 1.54) is 0 Å². The van der Waals surface area contributed by atoms with E-state index in [-0.39, 0.29) is 12.6 Å². The van der Waals surface area contributed by atoms with Gasteiger partial charge in [0.15, 0.2) is 0 Å². The van der Waals surface area contributed by atoms with E-state index in [9.17, 15) is 5.11 Å². The summed E-state index contributed by atoms with van der Waals surface area (Å²) in [5.74, 6) is 1.46. The first-order chi connectivity index (χ1) is 9.15. The van der Waals surface area contributed by atoms with Crippen LogP contribution in [0.1, 0.15) is 6.92 Å². The molecule has 106 valence electrons. The summed E-state index contributed by atoms with van der Waals surface area (Å²) < 4.78 is 5.45. The van der Waals surface area contributed by atoms with Gasteiger partial charge < -0.3 is 14.7 Å². The highest BCUT2D eigenvalue weighted by Gasteiger charge is 2.26. The minimum Gasteiger partial charge on any atom is -0.495 e. The summed E-state index contributed by atoms with van der Waals surface area (Å²) in [6.07, 6.45) is 0. The van der Waals surface area contributed by atoms with Gasteiger partial charge in [-0.05, 0) is 25.1 Å². The Morgan fingerprint density at radius 1 is 1.26 bits per heavy atom. The quantitative estimate of drug-likeness (QED) is 0.896. The first-order valence-corrected chi connectivity index (χ1v) is 6.84. The van der Waals surface area contributed by atoms with Gasteiger partial charge in [0, 0.05) is 25.7 Å². The van der Waals surface area contributed by atoms with Gasteiger partial charge in [0.25, 0.3) is 0 Å². The van der Waals surface area contributed by atoms with Crippen LogP contribution >= 0.6 is 0 Å². The van der Waals surface area contributed by atoms with Gasteiger partial charge in [-0.1, -0.05) is 19.1 Å². The van der Waals surface area contributed by atoms with Crippen molar-refractivity contribution in [3.63, 3.8) is 0 Å². The lowest BCUT2D eigenvalue weighted by Gasteiger charge is -2.29. The van der Waals surface area contributed by atoms with Crippen molar-refractivity contribution in [1.82, 2.24) is 4.90 Å². The molecular formula is C15H24N2O2. The van der Waals surface area contributed by atoms with Gasteiger partial charge in [-0.2, -0.15) is 0 Å². The van der Waals surface area contributed by atoms with Gasteiger partial charge in [-0.15, -0.1) is 0 Å². The minimum atomic E-state index is 0.176. The molecule has 2 unspecified atom stereocenters. The zero-order valence-electron chi connectivity index (χ0n) is 12.0. The highest BCUT2D eigenvalue weighted by atomic mass is 16.5. The monoisotopic (exact) mass is 264 g/mol. The van der Waals surface area contributed by atoms with Gasteiger partial charge in [-0.25, -0.2) is 0 Å². The molecule has 4 heteroatoms. The van der Waals surface area contributed by atoms with Crippen LogP contribution in [0.15, 0.2) is 24.3 Å². The van der Waals surface area contributed by atoms with E-state index in [1.807, 2.05) is 18.2 Å². The van der Waals surface area contributed by atoms with E-state index in [4.69, 9.17) is 4.74 Å². The molecule has 1 N–H and O–H groups in total. The minimum absolute atomic E-state index is 0.176. The maximum atomic E-state index is 9.56. The van der Waals surface area contributed by atoms with Crippen molar-refractivity contribution in [3.8, 4) is 5.75 Å². The second kappa shape index (κ2) is 6.26. The number of likely N-dealkylation sites (N-methyl/N-ethyl adjacent to an activating group) is 1. The molecule has 2 atom stereocenters. The Balaban J connectivity index is 2.26. The summed E-state index contributed by atoms with van der Waals surface area (Å²) in [7, 11) is 3.79. The van der Waals surface area contributed by atoms with Crippen LogP contribution in [0.5, 0.6) is 5.75 Å². The number of ether oxygens (including phenoxy) is 1. The molecular weight excluding hydrogens is 240 g/mol. The summed E-state index contributed by atoms with van der Waals surface area (Å²) in [6, 6.07) is 8.27. The molecule has 19 heavy (non-hydrogen) atoms. The number of para-hydroxylation sites is 2. The topological polar surface area (TPSA) is 35.9 Å². The van der Waals surface area contributed by atoms with E-state index in [1.54, 1.807) is 7.11 Å². The second-order valence-corrected chi connectivity index (χ2v) is 5.46. The smallest absolute Gasteiger partial charge is 0.142 e. The third-order valence-corrected chi connectivity index (χ3v) is 3.82. The zero-order chi connectivity index (χ0) is 13.8. The van der Waals surface area contributed by atoms with Gasteiger partial charge in [0.05, 0.1) is 19.4 Å². The standard InChI is InChI=1S/C15H24N2O2/c1-12-8-16(2)13(11-18)10-17(9-12)14-6-4-5-7-15(14)19-3/h4-7,12-13,18H,8-11H2,1-3H3. The average molecular weight is 264 g/mol. The number of hydrogen-bond donors (Lipinski definition) is 1. The van der Waals surface area contributed by atoms with Gasteiger partial charge in [0.1, 0.15) is 5.75 Å². The van der Waals surface area contributed by atoms with Crippen molar-refractivity contribution in [3.05, 3.63) is 24.3 Å². The SMILES string of the molecule is COc1ccccc1N1CC(C)CN(C)C(CO)C1. The fourth-order valence-corrected chi connectivity index (χ4v) is 2.83. The molecule has 1 aromatic carbocycles. The normalized spacial score (nSPS) is 25.2. The number of aliphatic hydroxyl groups excluding tert-OH is 1. The molecule has 0 amide bonds. The molecule has 0 aromatic heterocycles. The number of nitrogens with zero attached hydrogens (tertiary/aromatic N) is 2. The Labute approximate surface area is 115 Å². The van der Waals surface area contributed by atoms with Crippen molar-refractivity contribution in [2.75, 3.05) is 45.3 Å².